The summed E-state index contributed by atoms with van der Waals surface area (Å²) >= 11 is 0. The second-order valence-electron chi connectivity index (χ2n) is 5.10. The molecule has 104 valence electrons. The van der Waals surface area contributed by atoms with Crippen LogP contribution in [0.3, 0.4) is 0 Å². The predicted molar refractivity (Wildman–Crippen MR) is 75.3 cm³/mol. The summed E-state index contributed by atoms with van der Waals surface area (Å²) < 4.78 is 5.23. The van der Waals surface area contributed by atoms with Crippen molar-refractivity contribution in [3.63, 3.8) is 0 Å². The van der Waals surface area contributed by atoms with Crippen molar-refractivity contribution in [3.8, 4) is 5.75 Å². The van der Waals surface area contributed by atoms with Crippen LogP contribution in [0.4, 0.5) is 0 Å². The van der Waals surface area contributed by atoms with E-state index in [9.17, 15) is 4.79 Å². The van der Waals surface area contributed by atoms with Crippen LogP contribution in [0, 0.1) is 5.92 Å². The molecule has 1 aromatic rings. The molecule has 1 atom stereocenters. The molecule has 1 aliphatic rings. The summed E-state index contributed by atoms with van der Waals surface area (Å²) in [6, 6.07) is 8.30. The Bertz CT molecular complexity index is 430. The van der Waals surface area contributed by atoms with Crippen molar-refractivity contribution in [2.75, 3.05) is 20.7 Å². The third kappa shape index (κ3) is 4.24. The smallest absolute Gasteiger partial charge is 0.234 e. The van der Waals surface area contributed by atoms with E-state index in [1.807, 2.05) is 18.2 Å². The van der Waals surface area contributed by atoms with Crippen LogP contribution >= 0.6 is 0 Å². The number of amides is 1. The third-order valence-electron chi connectivity index (χ3n) is 3.46. The SMILES string of the molecule is CNCC(=O)NC(Cc1cccc(OC)c1)C1CC1. The van der Waals surface area contributed by atoms with Gasteiger partial charge in [-0.3, -0.25) is 4.79 Å². The summed E-state index contributed by atoms with van der Waals surface area (Å²) in [6.45, 7) is 0.376. The van der Waals surface area contributed by atoms with E-state index in [-0.39, 0.29) is 11.9 Å². The third-order valence-corrected chi connectivity index (χ3v) is 3.46. The first-order chi connectivity index (χ1) is 9.22. The van der Waals surface area contributed by atoms with Crippen molar-refractivity contribution in [1.29, 1.82) is 0 Å². The zero-order chi connectivity index (χ0) is 13.7. The second kappa shape index (κ2) is 6.57. The van der Waals surface area contributed by atoms with Crippen LogP contribution in [0.2, 0.25) is 0 Å². The first kappa shape index (κ1) is 13.9. The van der Waals surface area contributed by atoms with Crippen LogP contribution in [0.5, 0.6) is 5.75 Å². The second-order valence-corrected chi connectivity index (χ2v) is 5.10. The Balaban J connectivity index is 1.97. The van der Waals surface area contributed by atoms with E-state index < -0.39 is 0 Å². The maximum atomic E-state index is 11.7. The Morgan fingerprint density at radius 1 is 1.47 bits per heavy atom. The van der Waals surface area contributed by atoms with E-state index in [2.05, 4.69) is 16.7 Å². The molecule has 1 fully saturated rings. The summed E-state index contributed by atoms with van der Waals surface area (Å²) in [6.07, 6.45) is 3.31. The Morgan fingerprint density at radius 3 is 2.89 bits per heavy atom. The van der Waals surface area contributed by atoms with Gasteiger partial charge in [0.15, 0.2) is 0 Å². The van der Waals surface area contributed by atoms with Gasteiger partial charge in [-0.15, -0.1) is 0 Å². The fourth-order valence-electron chi connectivity index (χ4n) is 2.31. The lowest BCUT2D eigenvalue weighted by Crippen LogP contribution is -2.42. The highest BCUT2D eigenvalue weighted by atomic mass is 16.5. The molecule has 19 heavy (non-hydrogen) atoms. The van der Waals surface area contributed by atoms with Gasteiger partial charge in [0.2, 0.25) is 5.91 Å². The van der Waals surface area contributed by atoms with Crippen molar-refractivity contribution >= 4 is 5.91 Å². The quantitative estimate of drug-likeness (QED) is 0.780. The van der Waals surface area contributed by atoms with E-state index in [1.165, 1.54) is 18.4 Å². The zero-order valence-corrected chi connectivity index (χ0v) is 11.6. The van der Waals surface area contributed by atoms with E-state index in [4.69, 9.17) is 4.74 Å². The molecule has 0 radical (unpaired) electrons. The highest BCUT2D eigenvalue weighted by Crippen LogP contribution is 2.34. The lowest BCUT2D eigenvalue weighted by atomic mass is 10.0. The number of hydrogen-bond acceptors (Lipinski definition) is 3. The molecule has 2 N–H and O–H groups in total. The number of hydrogen-bond donors (Lipinski definition) is 2. The van der Waals surface area contributed by atoms with Crippen LogP contribution in [-0.2, 0) is 11.2 Å². The minimum atomic E-state index is 0.0716. The molecule has 1 saturated carbocycles. The maximum absolute atomic E-state index is 11.7. The van der Waals surface area contributed by atoms with Gasteiger partial charge in [-0.25, -0.2) is 0 Å². The fraction of sp³-hybridized carbons (Fsp3) is 0.533. The average Bonchev–Trinajstić information content (AvgIpc) is 3.23. The minimum Gasteiger partial charge on any atom is -0.497 e. The van der Waals surface area contributed by atoms with Gasteiger partial charge in [-0.2, -0.15) is 0 Å². The highest BCUT2D eigenvalue weighted by molar-refractivity contribution is 5.78. The van der Waals surface area contributed by atoms with Gasteiger partial charge < -0.3 is 15.4 Å². The summed E-state index contributed by atoms with van der Waals surface area (Å²) in [5.41, 5.74) is 1.21. The van der Waals surface area contributed by atoms with Gasteiger partial charge in [0, 0.05) is 6.04 Å². The minimum absolute atomic E-state index is 0.0716. The number of nitrogens with one attached hydrogen (secondary N) is 2. The van der Waals surface area contributed by atoms with Gasteiger partial charge >= 0.3 is 0 Å². The fourth-order valence-corrected chi connectivity index (χ4v) is 2.31. The van der Waals surface area contributed by atoms with Gasteiger partial charge in [0.05, 0.1) is 13.7 Å². The average molecular weight is 262 g/mol. The first-order valence-corrected chi connectivity index (χ1v) is 6.80. The molecule has 1 unspecified atom stereocenters. The first-order valence-electron chi connectivity index (χ1n) is 6.80. The van der Waals surface area contributed by atoms with E-state index in [0.29, 0.717) is 12.5 Å². The van der Waals surface area contributed by atoms with Crippen LogP contribution in [0.15, 0.2) is 24.3 Å². The monoisotopic (exact) mass is 262 g/mol. The van der Waals surface area contributed by atoms with Crippen molar-refractivity contribution < 1.29 is 9.53 Å². The molecule has 1 amide bonds. The number of rotatable bonds is 7. The molecule has 0 spiro atoms. The highest BCUT2D eigenvalue weighted by Gasteiger charge is 2.32. The van der Waals surface area contributed by atoms with E-state index >= 15 is 0 Å². The molecular formula is C15H22N2O2. The molecule has 0 bridgehead atoms. The molecule has 0 heterocycles. The van der Waals surface area contributed by atoms with Crippen LogP contribution < -0.4 is 15.4 Å². The van der Waals surface area contributed by atoms with Gasteiger partial charge in [0.25, 0.3) is 0 Å². The van der Waals surface area contributed by atoms with E-state index in [1.54, 1.807) is 14.2 Å². The van der Waals surface area contributed by atoms with Crippen molar-refractivity contribution in [3.05, 3.63) is 29.8 Å². The molecular weight excluding hydrogens is 240 g/mol. The Morgan fingerprint density at radius 2 is 2.26 bits per heavy atom. The molecule has 0 aliphatic heterocycles. The summed E-state index contributed by atoms with van der Waals surface area (Å²) in [5, 5.41) is 6.01. The summed E-state index contributed by atoms with van der Waals surface area (Å²) in [7, 11) is 3.46. The summed E-state index contributed by atoms with van der Waals surface area (Å²) in [5.74, 6) is 1.57. The maximum Gasteiger partial charge on any atom is 0.234 e. The van der Waals surface area contributed by atoms with Crippen molar-refractivity contribution in [1.82, 2.24) is 10.6 Å². The molecule has 4 heteroatoms. The molecule has 0 saturated heterocycles. The van der Waals surface area contributed by atoms with Crippen LogP contribution in [0.1, 0.15) is 18.4 Å². The van der Waals surface area contributed by atoms with Gasteiger partial charge in [-0.1, -0.05) is 12.1 Å². The topological polar surface area (TPSA) is 50.4 Å². The normalized spacial score (nSPS) is 15.9. The van der Waals surface area contributed by atoms with Crippen LogP contribution in [0.25, 0.3) is 0 Å². The number of ether oxygens (including phenoxy) is 1. The lowest BCUT2D eigenvalue weighted by molar-refractivity contribution is -0.121. The largest absolute Gasteiger partial charge is 0.497 e. The molecule has 2 rings (SSSR count). The summed E-state index contributed by atoms with van der Waals surface area (Å²) in [4.78, 5) is 11.7. The Kier molecular flexibility index (Phi) is 4.80. The molecule has 0 aromatic heterocycles. The standard InChI is InChI=1S/C15H22N2O2/c1-16-10-15(18)17-14(12-6-7-12)9-11-4-3-5-13(8-11)19-2/h3-5,8,12,14,16H,6-7,9-10H2,1-2H3,(H,17,18). The van der Waals surface area contributed by atoms with Crippen molar-refractivity contribution in [2.24, 2.45) is 5.92 Å². The van der Waals surface area contributed by atoms with Crippen molar-refractivity contribution in [2.45, 2.75) is 25.3 Å². The van der Waals surface area contributed by atoms with Gasteiger partial charge in [-0.05, 0) is 49.9 Å². The number of methoxy groups -OCH3 is 1. The zero-order valence-electron chi connectivity index (χ0n) is 11.6. The number of likely N-dealkylation sites (N-methyl/N-ethyl adjacent to an activating group) is 1. The Hall–Kier alpha value is -1.55. The predicted octanol–water partition coefficient (Wildman–Crippen LogP) is 1.35. The Labute approximate surface area is 114 Å². The lowest BCUT2D eigenvalue weighted by Gasteiger charge is -2.18. The van der Waals surface area contributed by atoms with Crippen LogP contribution in [-0.4, -0.2) is 32.7 Å². The number of carbonyl (C=O) groups excluding carboxylic acids is 1. The van der Waals surface area contributed by atoms with E-state index in [0.717, 1.165) is 12.2 Å². The number of benzene rings is 1. The molecule has 4 nitrogen and oxygen atoms in total. The molecule has 1 aromatic carbocycles. The number of carbonyl (C=O) groups is 1. The molecule has 1 aliphatic carbocycles. The van der Waals surface area contributed by atoms with Gasteiger partial charge in [0.1, 0.15) is 5.75 Å².